The summed E-state index contributed by atoms with van der Waals surface area (Å²) in [4.78, 5) is 20.2. The van der Waals surface area contributed by atoms with Gasteiger partial charge in [-0.05, 0) is 6.42 Å². The average molecular weight is 159 g/mol. The second kappa shape index (κ2) is 5.82. The molecule has 0 N–H and O–H groups in total. The maximum Gasteiger partial charge on any atom is 0.204 e. The van der Waals surface area contributed by atoms with Crippen LogP contribution in [0.25, 0.3) is 0 Å². The summed E-state index contributed by atoms with van der Waals surface area (Å²) in [7, 11) is 0. The van der Waals surface area contributed by atoms with E-state index in [1.807, 2.05) is 6.92 Å². The van der Waals surface area contributed by atoms with Gasteiger partial charge in [-0.25, -0.2) is 0 Å². The van der Waals surface area contributed by atoms with Gasteiger partial charge in [0.2, 0.25) is 6.54 Å². The molecule has 11 heavy (non-hydrogen) atoms. The predicted octanol–water partition coefficient (Wildman–Crippen LogP) is 1.41. The van der Waals surface area contributed by atoms with Gasteiger partial charge in [0.05, 0.1) is 0 Å². The summed E-state index contributed by atoms with van der Waals surface area (Å²) < 4.78 is 0. The summed E-state index contributed by atoms with van der Waals surface area (Å²) in [6.07, 6.45) is 2.12. The zero-order valence-electron chi connectivity index (χ0n) is 6.71. The molecule has 0 aliphatic carbocycles. The molecule has 0 saturated heterocycles. The fourth-order valence-corrected chi connectivity index (χ4v) is 0.809. The molecule has 4 nitrogen and oxygen atoms in total. The van der Waals surface area contributed by atoms with Crippen LogP contribution in [0.1, 0.15) is 32.6 Å². The molecule has 0 aromatic rings. The highest BCUT2D eigenvalue weighted by Crippen LogP contribution is 1.97. The maximum atomic E-state index is 10.8. The number of nitrogens with zero attached hydrogens (tertiary/aromatic N) is 1. The van der Waals surface area contributed by atoms with Gasteiger partial charge in [0.25, 0.3) is 0 Å². The minimum Gasteiger partial charge on any atom is -0.300 e. The van der Waals surface area contributed by atoms with Crippen molar-refractivity contribution in [2.45, 2.75) is 32.6 Å². The van der Waals surface area contributed by atoms with Gasteiger partial charge < -0.3 is 0 Å². The van der Waals surface area contributed by atoms with Crippen LogP contribution in [-0.2, 0) is 4.79 Å². The molecule has 0 atom stereocenters. The molecule has 0 aliphatic heterocycles. The van der Waals surface area contributed by atoms with E-state index in [9.17, 15) is 14.9 Å². The van der Waals surface area contributed by atoms with Gasteiger partial charge >= 0.3 is 0 Å². The Balaban J connectivity index is 3.24. The van der Waals surface area contributed by atoms with Gasteiger partial charge in [-0.2, -0.15) is 0 Å². The highest BCUT2D eigenvalue weighted by molar-refractivity contribution is 5.78. The van der Waals surface area contributed by atoms with Gasteiger partial charge in [-0.3, -0.25) is 14.9 Å². The zero-order valence-corrected chi connectivity index (χ0v) is 6.71. The topological polar surface area (TPSA) is 60.2 Å². The molecular formula is C7H13NO3. The average Bonchev–Trinajstić information content (AvgIpc) is 1.87. The Hall–Kier alpha value is -0.930. The van der Waals surface area contributed by atoms with Crippen molar-refractivity contribution in [1.29, 1.82) is 0 Å². The normalized spacial score (nSPS) is 9.55. The Bertz CT molecular complexity index is 145. The van der Waals surface area contributed by atoms with Crippen molar-refractivity contribution in [2.24, 2.45) is 0 Å². The van der Waals surface area contributed by atoms with Crippen molar-refractivity contribution in [2.75, 3.05) is 6.54 Å². The Morgan fingerprint density at radius 3 is 2.55 bits per heavy atom. The summed E-state index contributed by atoms with van der Waals surface area (Å²) in [6, 6.07) is 0. The standard InChI is InChI=1S/C7H13NO3/c1-2-4-7(9)5-3-6-8(10)11/h2-6H2,1H3. The van der Waals surface area contributed by atoms with E-state index in [0.717, 1.165) is 6.42 Å². The quantitative estimate of drug-likeness (QED) is 0.435. The number of hydrogen-bond acceptors (Lipinski definition) is 3. The van der Waals surface area contributed by atoms with Crippen LogP contribution in [-0.4, -0.2) is 17.3 Å². The van der Waals surface area contributed by atoms with Crippen LogP contribution in [0.5, 0.6) is 0 Å². The third kappa shape index (κ3) is 6.96. The molecule has 0 bridgehead atoms. The molecule has 0 amide bonds. The van der Waals surface area contributed by atoms with Gasteiger partial charge in [-0.1, -0.05) is 6.92 Å². The molecule has 0 aromatic heterocycles. The molecule has 0 radical (unpaired) electrons. The van der Waals surface area contributed by atoms with Gasteiger partial charge in [-0.15, -0.1) is 0 Å². The SMILES string of the molecule is CCCC(=O)CCC[N+](=O)[O-]. The Kier molecular flexibility index (Phi) is 5.33. The first kappa shape index (κ1) is 10.1. The lowest BCUT2D eigenvalue weighted by molar-refractivity contribution is -0.480. The monoisotopic (exact) mass is 159 g/mol. The number of carbonyl (C=O) groups is 1. The number of carbonyl (C=O) groups excluding carboxylic acids is 1. The second-order valence-corrected chi connectivity index (χ2v) is 2.45. The number of hydrogen-bond donors (Lipinski definition) is 0. The van der Waals surface area contributed by atoms with Crippen LogP contribution in [0.15, 0.2) is 0 Å². The lowest BCUT2D eigenvalue weighted by atomic mass is 10.1. The van der Waals surface area contributed by atoms with Crippen molar-refractivity contribution in [3.63, 3.8) is 0 Å². The van der Waals surface area contributed by atoms with E-state index >= 15 is 0 Å². The van der Waals surface area contributed by atoms with Gasteiger partial charge in [0.1, 0.15) is 5.78 Å². The van der Waals surface area contributed by atoms with Crippen LogP contribution >= 0.6 is 0 Å². The van der Waals surface area contributed by atoms with E-state index in [1.165, 1.54) is 0 Å². The van der Waals surface area contributed by atoms with E-state index < -0.39 is 0 Å². The first-order chi connectivity index (χ1) is 5.16. The lowest BCUT2D eigenvalue weighted by Crippen LogP contribution is -2.04. The zero-order chi connectivity index (χ0) is 8.69. The van der Waals surface area contributed by atoms with E-state index in [2.05, 4.69) is 0 Å². The van der Waals surface area contributed by atoms with Gasteiger partial charge in [0.15, 0.2) is 0 Å². The van der Waals surface area contributed by atoms with Crippen molar-refractivity contribution < 1.29 is 9.72 Å². The second-order valence-electron chi connectivity index (χ2n) is 2.45. The summed E-state index contributed by atoms with van der Waals surface area (Å²) in [6.45, 7) is 1.83. The number of nitro groups is 1. The minimum absolute atomic E-state index is 0.0878. The van der Waals surface area contributed by atoms with Crippen molar-refractivity contribution in [3.05, 3.63) is 10.1 Å². The van der Waals surface area contributed by atoms with Crippen LogP contribution in [0, 0.1) is 10.1 Å². The van der Waals surface area contributed by atoms with Crippen molar-refractivity contribution in [1.82, 2.24) is 0 Å². The molecule has 0 aliphatic rings. The van der Waals surface area contributed by atoms with Crippen LogP contribution < -0.4 is 0 Å². The Labute approximate surface area is 65.7 Å². The molecule has 0 spiro atoms. The molecule has 0 rings (SSSR count). The molecular weight excluding hydrogens is 146 g/mol. The summed E-state index contributed by atoms with van der Waals surface area (Å²) in [5.41, 5.74) is 0. The largest absolute Gasteiger partial charge is 0.300 e. The summed E-state index contributed by atoms with van der Waals surface area (Å²) in [5, 5.41) is 9.83. The first-order valence-electron chi connectivity index (χ1n) is 3.80. The first-order valence-corrected chi connectivity index (χ1v) is 3.80. The van der Waals surface area contributed by atoms with Crippen LogP contribution in [0.4, 0.5) is 0 Å². The molecule has 0 aromatic carbocycles. The number of Topliss-reactive ketones (excluding diaryl/α,β-unsaturated/α-hetero) is 1. The van der Waals surface area contributed by atoms with E-state index in [4.69, 9.17) is 0 Å². The number of ketones is 1. The third-order valence-corrected chi connectivity index (χ3v) is 1.33. The molecule has 0 unspecified atom stereocenters. The predicted molar refractivity (Wildman–Crippen MR) is 41.0 cm³/mol. The fraction of sp³-hybridized carbons (Fsp3) is 0.857. The highest BCUT2D eigenvalue weighted by Gasteiger charge is 2.02. The molecule has 64 valence electrons. The smallest absolute Gasteiger partial charge is 0.204 e. The van der Waals surface area contributed by atoms with Crippen LogP contribution in [0.3, 0.4) is 0 Å². The lowest BCUT2D eigenvalue weighted by Gasteiger charge is -1.94. The molecule has 4 heteroatoms. The minimum atomic E-state index is -0.390. The van der Waals surface area contributed by atoms with Crippen LogP contribution in [0.2, 0.25) is 0 Å². The Morgan fingerprint density at radius 1 is 1.45 bits per heavy atom. The van der Waals surface area contributed by atoms with E-state index in [-0.39, 0.29) is 17.3 Å². The Morgan fingerprint density at radius 2 is 2.09 bits per heavy atom. The summed E-state index contributed by atoms with van der Waals surface area (Å²) in [5.74, 6) is 0.134. The van der Waals surface area contributed by atoms with Crippen molar-refractivity contribution >= 4 is 5.78 Å². The number of rotatable bonds is 6. The fourth-order valence-electron chi connectivity index (χ4n) is 0.809. The highest BCUT2D eigenvalue weighted by atomic mass is 16.6. The third-order valence-electron chi connectivity index (χ3n) is 1.33. The molecule has 0 saturated carbocycles. The summed E-state index contributed by atoms with van der Waals surface area (Å²) >= 11 is 0. The maximum absolute atomic E-state index is 10.8. The van der Waals surface area contributed by atoms with Crippen molar-refractivity contribution in [3.8, 4) is 0 Å². The van der Waals surface area contributed by atoms with E-state index in [1.54, 1.807) is 0 Å². The van der Waals surface area contributed by atoms with Gasteiger partial charge in [0, 0.05) is 24.2 Å². The van der Waals surface area contributed by atoms with E-state index in [0.29, 0.717) is 19.3 Å². The molecule has 0 heterocycles. The molecule has 0 fully saturated rings.